The molecule has 0 aliphatic rings. The van der Waals surface area contributed by atoms with Gasteiger partial charge in [0.2, 0.25) is 0 Å². The van der Waals surface area contributed by atoms with E-state index in [0.717, 1.165) is 25.7 Å². The molecule has 0 aromatic rings. The summed E-state index contributed by atoms with van der Waals surface area (Å²) in [7, 11) is 0. The molecule has 0 radical (unpaired) electrons. The Kier molecular flexibility index (Phi) is 7.08. The Balaban J connectivity index is 4.94. The van der Waals surface area contributed by atoms with E-state index in [1.807, 2.05) is 0 Å². The van der Waals surface area contributed by atoms with Crippen molar-refractivity contribution in [3.05, 3.63) is 0 Å². The highest BCUT2D eigenvalue weighted by Gasteiger charge is 2.36. The third-order valence-corrected chi connectivity index (χ3v) is 4.79. The molecule has 0 aliphatic heterocycles. The van der Waals surface area contributed by atoms with E-state index < -0.39 is 0 Å². The monoisotopic (exact) mass is 256 g/mol. The Morgan fingerprint density at radius 3 is 1.78 bits per heavy atom. The maximum Gasteiger partial charge on any atom is 0.156 e. The normalized spacial score (nSPS) is 14.6. The van der Waals surface area contributed by atoms with Crippen molar-refractivity contribution in [2.45, 2.75) is 78.8 Å². The van der Waals surface area contributed by atoms with Crippen LogP contribution < -0.4 is 11.1 Å². The van der Waals surface area contributed by atoms with Crippen molar-refractivity contribution in [2.75, 3.05) is 6.54 Å². The quantitative estimate of drug-likeness (QED) is 0.667. The predicted octanol–water partition coefficient (Wildman–Crippen LogP) is 2.88. The lowest BCUT2D eigenvalue weighted by Gasteiger charge is -2.36. The van der Waals surface area contributed by atoms with Gasteiger partial charge in [0.25, 0.3) is 0 Å². The van der Waals surface area contributed by atoms with Gasteiger partial charge in [-0.3, -0.25) is 4.79 Å². The number of carbonyl (C=O) groups excluding carboxylic acids is 1. The Labute approximate surface area is 113 Å². The molecule has 3 heteroatoms. The number of rotatable bonds is 9. The maximum absolute atomic E-state index is 12.6. The second-order valence-electron chi connectivity index (χ2n) is 5.83. The first kappa shape index (κ1) is 17.6. The van der Waals surface area contributed by atoms with Gasteiger partial charge in [0, 0.05) is 17.5 Å². The summed E-state index contributed by atoms with van der Waals surface area (Å²) in [5, 5.41) is 3.48. The average molecular weight is 256 g/mol. The van der Waals surface area contributed by atoms with E-state index >= 15 is 0 Å². The molecule has 3 N–H and O–H groups in total. The molecular weight excluding hydrogens is 224 g/mol. The van der Waals surface area contributed by atoms with Crippen LogP contribution in [0.4, 0.5) is 0 Å². The van der Waals surface area contributed by atoms with Crippen molar-refractivity contribution in [1.82, 2.24) is 5.32 Å². The van der Waals surface area contributed by atoms with Crippen LogP contribution in [0.1, 0.15) is 67.2 Å². The minimum absolute atomic E-state index is 0.00207. The number of hydrogen-bond acceptors (Lipinski definition) is 3. The van der Waals surface area contributed by atoms with Crippen molar-refractivity contribution in [1.29, 1.82) is 0 Å². The summed E-state index contributed by atoms with van der Waals surface area (Å²) < 4.78 is 0. The first-order valence-electron chi connectivity index (χ1n) is 7.34. The van der Waals surface area contributed by atoms with Crippen LogP contribution in [0.3, 0.4) is 0 Å². The third kappa shape index (κ3) is 4.06. The maximum atomic E-state index is 12.6. The second kappa shape index (κ2) is 7.25. The summed E-state index contributed by atoms with van der Waals surface area (Å²) in [5.41, 5.74) is 5.56. The Morgan fingerprint density at radius 2 is 1.50 bits per heavy atom. The van der Waals surface area contributed by atoms with Gasteiger partial charge in [-0.1, -0.05) is 34.6 Å². The predicted molar refractivity (Wildman–Crippen MR) is 78.7 cm³/mol. The Bertz CT molecular complexity index is 255. The van der Waals surface area contributed by atoms with Gasteiger partial charge in [-0.05, 0) is 32.6 Å². The molecule has 3 nitrogen and oxygen atoms in total. The zero-order valence-corrected chi connectivity index (χ0v) is 13.1. The van der Waals surface area contributed by atoms with Crippen molar-refractivity contribution in [3.8, 4) is 0 Å². The van der Waals surface area contributed by atoms with Crippen LogP contribution in [0.2, 0.25) is 0 Å². The smallest absolute Gasteiger partial charge is 0.156 e. The number of nitrogens with one attached hydrogen (secondary N) is 1. The fourth-order valence-corrected chi connectivity index (χ4v) is 2.13. The van der Waals surface area contributed by atoms with E-state index in [1.165, 1.54) is 0 Å². The lowest BCUT2D eigenvalue weighted by molar-refractivity contribution is -0.130. The summed E-state index contributed by atoms with van der Waals surface area (Å²) in [6, 6.07) is -0.222. The molecule has 18 heavy (non-hydrogen) atoms. The lowest BCUT2D eigenvalue weighted by Crippen LogP contribution is -2.56. The molecule has 0 spiro atoms. The van der Waals surface area contributed by atoms with Crippen LogP contribution in [-0.4, -0.2) is 23.9 Å². The van der Waals surface area contributed by atoms with Gasteiger partial charge in [0.1, 0.15) is 0 Å². The SMILES string of the molecule is CCC(C)(CC)NC(CN)C(=O)C(C)(CC)CC. The molecule has 0 fully saturated rings. The molecule has 0 aliphatic carbocycles. The standard InChI is InChI=1S/C15H32N2O/c1-7-14(5,8-2)13(18)12(11-16)17-15(6,9-3)10-4/h12,17H,7-11,16H2,1-6H3. The Hall–Kier alpha value is -0.410. The topological polar surface area (TPSA) is 55.1 Å². The number of carbonyl (C=O) groups is 1. The molecule has 0 saturated heterocycles. The minimum Gasteiger partial charge on any atom is -0.328 e. The van der Waals surface area contributed by atoms with E-state index in [2.05, 4.69) is 46.9 Å². The van der Waals surface area contributed by atoms with E-state index in [4.69, 9.17) is 5.73 Å². The van der Waals surface area contributed by atoms with Crippen molar-refractivity contribution >= 4 is 5.78 Å². The van der Waals surface area contributed by atoms with E-state index in [0.29, 0.717) is 6.54 Å². The van der Waals surface area contributed by atoms with Gasteiger partial charge in [-0.15, -0.1) is 0 Å². The van der Waals surface area contributed by atoms with Gasteiger partial charge < -0.3 is 11.1 Å². The van der Waals surface area contributed by atoms with Crippen LogP contribution in [0.25, 0.3) is 0 Å². The molecule has 1 unspecified atom stereocenters. The molecule has 0 heterocycles. The van der Waals surface area contributed by atoms with Crippen LogP contribution >= 0.6 is 0 Å². The number of ketones is 1. The first-order valence-corrected chi connectivity index (χ1v) is 7.34. The fourth-order valence-electron chi connectivity index (χ4n) is 2.13. The summed E-state index contributed by atoms with van der Waals surface area (Å²) in [5.74, 6) is 0.267. The van der Waals surface area contributed by atoms with Gasteiger partial charge >= 0.3 is 0 Å². The lowest BCUT2D eigenvalue weighted by atomic mass is 9.77. The highest BCUT2D eigenvalue weighted by atomic mass is 16.1. The molecule has 0 aromatic carbocycles. The largest absolute Gasteiger partial charge is 0.328 e. The van der Waals surface area contributed by atoms with Crippen LogP contribution in [-0.2, 0) is 4.79 Å². The molecule has 0 amide bonds. The molecule has 0 bridgehead atoms. The average Bonchev–Trinajstić information content (AvgIpc) is 2.42. The molecule has 0 aromatic heterocycles. The van der Waals surface area contributed by atoms with Gasteiger partial charge in [-0.2, -0.15) is 0 Å². The summed E-state index contributed by atoms with van der Waals surface area (Å²) in [4.78, 5) is 12.6. The van der Waals surface area contributed by atoms with Crippen molar-refractivity contribution < 1.29 is 4.79 Å². The fraction of sp³-hybridized carbons (Fsp3) is 0.933. The van der Waals surface area contributed by atoms with Crippen LogP contribution in [0.15, 0.2) is 0 Å². The summed E-state index contributed by atoms with van der Waals surface area (Å²) in [6.07, 6.45) is 3.75. The molecule has 0 rings (SSSR count). The number of hydrogen-bond donors (Lipinski definition) is 2. The highest BCUT2D eigenvalue weighted by molar-refractivity contribution is 5.89. The van der Waals surface area contributed by atoms with Gasteiger partial charge in [0.15, 0.2) is 5.78 Å². The molecule has 0 saturated carbocycles. The zero-order valence-electron chi connectivity index (χ0n) is 13.1. The van der Waals surface area contributed by atoms with E-state index in [1.54, 1.807) is 0 Å². The van der Waals surface area contributed by atoms with Gasteiger partial charge in [-0.25, -0.2) is 0 Å². The summed E-state index contributed by atoms with van der Waals surface area (Å²) in [6.45, 7) is 13.0. The highest BCUT2D eigenvalue weighted by Crippen LogP contribution is 2.28. The molecule has 108 valence electrons. The number of Topliss-reactive ketones (excluding diaryl/α,β-unsaturated/α-hetero) is 1. The van der Waals surface area contributed by atoms with Crippen LogP contribution in [0, 0.1) is 5.41 Å². The third-order valence-electron chi connectivity index (χ3n) is 4.79. The van der Waals surface area contributed by atoms with Gasteiger partial charge in [0.05, 0.1) is 6.04 Å². The second-order valence-corrected chi connectivity index (χ2v) is 5.83. The van der Waals surface area contributed by atoms with Crippen molar-refractivity contribution in [3.63, 3.8) is 0 Å². The van der Waals surface area contributed by atoms with Crippen LogP contribution in [0.5, 0.6) is 0 Å². The number of nitrogens with two attached hydrogens (primary N) is 1. The summed E-state index contributed by atoms with van der Waals surface area (Å²) >= 11 is 0. The minimum atomic E-state index is -0.251. The van der Waals surface area contributed by atoms with E-state index in [9.17, 15) is 4.79 Å². The zero-order chi connectivity index (χ0) is 14.4. The van der Waals surface area contributed by atoms with Crippen molar-refractivity contribution in [2.24, 2.45) is 11.1 Å². The Morgan fingerprint density at radius 1 is 1.06 bits per heavy atom. The van der Waals surface area contributed by atoms with E-state index in [-0.39, 0.29) is 22.8 Å². The first-order chi connectivity index (χ1) is 8.32. The molecular formula is C15H32N2O. The molecule has 1 atom stereocenters.